The SMILES string of the molecule is C=CCN(CCCC)C(=O)C1N([C@@H](CO)[C@@H](C)CC)C(=O)[C@@H]2[C@H](C(=O)O)[C@]3(C)CCC12S3. The predicted octanol–water partition coefficient (Wildman–Crippen LogP) is 2.77. The fourth-order valence-corrected chi connectivity index (χ4v) is 8.49. The van der Waals surface area contributed by atoms with E-state index in [2.05, 4.69) is 13.5 Å². The van der Waals surface area contributed by atoms with Gasteiger partial charge in [0, 0.05) is 17.8 Å². The lowest BCUT2D eigenvalue weighted by Crippen LogP contribution is -2.58. The Morgan fingerprint density at radius 2 is 2.06 bits per heavy atom. The van der Waals surface area contributed by atoms with Crippen molar-refractivity contribution in [2.45, 2.75) is 81.4 Å². The molecule has 8 heteroatoms. The number of carboxylic acids is 1. The molecule has 0 aliphatic carbocycles. The molecule has 0 aromatic heterocycles. The van der Waals surface area contributed by atoms with Gasteiger partial charge in [-0.1, -0.05) is 39.7 Å². The first kappa shape index (κ1) is 25.1. The summed E-state index contributed by atoms with van der Waals surface area (Å²) in [6, 6.07) is -1.28. The molecular formula is C24H38N2O5S. The molecular weight excluding hydrogens is 428 g/mol. The number of fused-ring (bicyclic) bond motifs is 1. The molecule has 0 saturated carbocycles. The summed E-state index contributed by atoms with van der Waals surface area (Å²) in [5.74, 6) is -2.97. The molecule has 3 rings (SSSR count). The summed E-state index contributed by atoms with van der Waals surface area (Å²) in [7, 11) is 0. The molecule has 0 radical (unpaired) electrons. The summed E-state index contributed by atoms with van der Waals surface area (Å²) in [4.78, 5) is 43.7. The number of hydrogen-bond donors (Lipinski definition) is 2. The summed E-state index contributed by atoms with van der Waals surface area (Å²) in [6.45, 7) is 12.5. The molecule has 32 heavy (non-hydrogen) atoms. The number of unbranched alkanes of at least 4 members (excludes halogenated alkanes) is 1. The van der Waals surface area contributed by atoms with Crippen LogP contribution in [0.3, 0.4) is 0 Å². The maximum Gasteiger partial charge on any atom is 0.308 e. The van der Waals surface area contributed by atoms with Crippen LogP contribution in [0.1, 0.15) is 59.8 Å². The van der Waals surface area contributed by atoms with Crippen LogP contribution in [0.15, 0.2) is 12.7 Å². The van der Waals surface area contributed by atoms with Crippen molar-refractivity contribution < 1.29 is 24.6 Å². The smallest absolute Gasteiger partial charge is 0.308 e. The second-order valence-electron chi connectivity index (χ2n) is 9.87. The van der Waals surface area contributed by atoms with Gasteiger partial charge in [-0.2, -0.15) is 0 Å². The number of likely N-dealkylation sites (tertiary alicyclic amines) is 1. The second kappa shape index (κ2) is 9.37. The van der Waals surface area contributed by atoms with Gasteiger partial charge in [-0.05, 0) is 32.1 Å². The van der Waals surface area contributed by atoms with E-state index in [1.165, 1.54) is 0 Å². The fraction of sp³-hybridized carbons (Fsp3) is 0.792. The number of aliphatic hydroxyl groups is 1. The Morgan fingerprint density at radius 3 is 2.59 bits per heavy atom. The van der Waals surface area contributed by atoms with Gasteiger partial charge in [0.2, 0.25) is 11.8 Å². The zero-order chi connectivity index (χ0) is 23.8. The largest absolute Gasteiger partial charge is 0.481 e. The van der Waals surface area contributed by atoms with E-state index in [0.717, 1.165) is 19.3 Å². The number of aliphatic carboxylic acids is 1. The van der Waals surface area contributed by atoms with Crippen molar-refractivity contribution in [3.63, 3.8) is 0 Å². The molecule has 2 unspecified atom stereocenters. The number of nitrogens with zero attached hydrogens (tertiary/aromatic N) is 2. The Morgan fingerprint density at radius 1 is 1.38 bits per heavy atom. The monoisotopic (exact) mass is 466 g/mol. The van der Waals surface area contributed by atoms with Gasteiger partial charge in [0.05, 0.1) is 29.2 Å². The summed E-state index contributed by atoms with van der Waals surface area (Å²) < 4.78 is -1.33. The quantitative estimate of drug-likeness (QED) is 0.455. The lowest BCUT2D eigenvalue weighted by molar-refractivity contribution is -0.151. The highest BCUT2D eigenvalue weighted by Gasteiger charge is 2.78. The zero-order valence-electron chi connectivity index (χ0n) is 19.7. The minimum absolute atomic E-state index is 0.0148. The number of rotatable bonds is 11. The van der Waals surface area contributed by atoms with Gasteiger partial charge in [-0.3, -0.25) is 14.4 Å². The van der Waals surface area contributed by atoms with E-state index in [4.69, 9.17) is 0 Å². The van der Waals surface area contributed by atoms with E-state index in [1.54, 1.807) is 27.6 Å². The lowest BCUT2D eigenvalue weighted by Gasteiger charge is -2.41. The van der Waals surface area contributed by atoms with Crippen LogP contribution in [0, 0.1) is 17.8 Å². The van der Waals surface area contributed by atoms with Crippen molar-refractivity contribution in [3.8, 4) is 0 Å². The molecule has 1 spiro atoms. The molecule has 180 valence electrons. The Hall–Kier alpha value is -1.54. The van der Waals surface area contributed by atoms with Crippen molar-refractivity contribution in [3.05, 3.63) is 12.7 Å². The third-order valence-electron chi connectivity index (χ3n) is 8.00. The second-order valence-corrected chi connectivity index (χ2v) is 11.8. The molecule has 3 aliphatic heterocycles. The Balaban J connectivity index is 2.13. The summed E-state index contributed by atoms with van der Waals surface area (Å²) >= 11 is 1.54. The van der Waals surface area contributed by atoms with Crippen LogP contribution in [-0.2, 0) is 14.4 Å². The van der Waals surface area contributed by atoms with Crippen LogP contribution in [0.4, 0.5) is 0 Å². The number of carbonyl (C=O) groups is 3. The van der Waals surface area contributed by atoms with E-state index in [1.807, 2.05) is 20.8 Å². The first-order valence-electron chi connectivity index (χ1n) is 11.9. The van der Waals surface area contributed by atoms with Gasteiger partial charge in [0.1, 0.15) is 6.04 Å². The fourth-order valence-electron chi connectivity index (χ4n) is 6.16. The van der Waals surface area contributed by atoms with Crippen LogP contribution in [-0.4, -0.2) is 79.1 Å². The van der Waals surface area contributed by atoms with Crippen molar-refractivity contribution in [2.24, 2.45) is 17.8 Å². The summed E-state index contributed by atoms with van der Waals surface area (Å²) in [6.07, 6.45) is 5.51. The Labute approximate surface area is 195 Å². The van der Waals surface area contributed by atoms with Crippen molar-refractivity contribution in [2.75, 3.05) is 19.7 Å². The molecule has 7 atom stereocenters. The van der Waals surface area contributed by atoms with E-state index in [-0.39, 0.29) is 24.3 Å². The number of thioether (sulfide) groups is 1. The van der Waals surface area contributed by atoms with E-state index >= 15 is 0 Å². The lowest BCUT2D eigenvalue weighted by atomic mass is 9.66. The summed E-state index contributed by atoms with van der Waals surface area (Å²) in [5.41, 5.74) is 0. The third kappa shape index (κ3) is 3.67. The van der Waals surface area contributed by atoms with Crippen LogP contribution in [0.25, 0.3) is 0 Å². The van der Waals surface area contributed by atoms with Gasteiger partial charge in [0.25, 0.3) is 0 Å². The molecule has 2 amide bonds. The van der Waals surface area contributed by atoms with Crippen LogP contribution in [0.2, 0.25) is 0 Å². The Bertz CT molecular complexity index is 775. The van der Waals surface area contributed by atoms with Crippen LogP contribution >= 0.6 is 11.8 Å². The molecule has 3 fully saturated rings. The maximum atomic E-state index is 14.1. The van der Waals surface area contributed by atoms with E-state index in [9.17, 15) is 24.6 Å². The zero-order valence-corrected chi connectivity index (χ0v) is 20.6. The van der Waals surface area contributed by atoms with Crippen LogP contribution < -0.4 is 0 Å². The average Bonchev–Trinajstić information content (AvgIpc) is 3.32. The van der Waals surface area contributed by atoms with Gasteiger partial charge < -0.3 is 20.0 Å². The van der Waals surface area contributed by atoms with Crippen molar-refractivity contribution >= 4 is 29.5 Å². The Kier molecular flexibility index (Phi) is 7.35. The molecule has 7 nitrogen and oxygen atoms in total. The normalized spacial score (nSPS) is 35.0. The van der Waals surface area contributed by atoms with Crippen molar-refractivity contribution in [1.82, 2.24) is 9.80 Å². The third-order valence-corrected chi connectivity index (χ3v) is 9.99. The van der Waals surface area contributed by atoms with Gasteiger partial charge in [0.15, 0.2) is 0 Å². The number of aliphatic hydroxyl groups excluding tert-OH is 1. The van der Waals surface area contributed by atoms with E-state index in [0.29, 0.717) is 25.9 Å². The van der Waals surface area contributed by atoms with Gasteiger partial charge >= 0.3 is 5.97 Å². The molecule has 2 bridgehead atoms. The van der Waals surface area contributed by atoms with Gasteiger partial charge in [-0.15, -0.1) is 18.3 Å². The minimum atomic E-state index is -0.967. The molecule has 2 N–H and O–H groups in total. The number of carbonyl (C=O) groups excluding carboxylic acids is 2. The number of hydrogen-bond acceptors (Lipinski definition) is 5. The minimum Gasteiger partial charge on any atom is -0.481 e. The molecule has 3 aliphatic rings. The highest BCUT2D eigenvalue weighted by Crippen LogP contribution is 2.71. The number of carboxylic acid groups (broad SMARTS) is 1. The summed E-state index contributed by atoms with van der Waals surface area (Å²) in [5, 5.41) is 20.4. The van der Waals surface area contributed by atoms with Gasteiger partial charge in [-0.25, -0.2) is 0 Å². The standard InChI is InChI=1S/C24H38N2O5S/c1-6-9-13-25(12-7-2)21(29)19-24-11-10-23(5,32-24)18(22(30)31)17(24)20(28)26(19)16(14-27)15(4)8-3/h7,15-19,27H,2,6,8-14H2,1,3-5H3,(H,30,31)/t15-,16-,17-,18+,19?,23-,24?/m0/s1. The number of amides is 2. The molecule has 3 saturated heterocycles. The molecule has 3 heterocycles. The highest BCUT2D eigenvalue weighted by atomic mass is 32.2. The average molecular weight is 467 g/mol. The highest BCUT2D eigenvalue weighted by molar-refractivity contribution is 8.02. The molecule has 0 aromatic carbocycles. The van der Waals surface area contributed by atoms with E-state index < -0.39 is 39.4 Å². The predicted molar refractivity (Wildman–Crippen MR) is 125 cm³/mol. The topological polar surface area (TPSA) is 98.2 Å². The van der Waals surface area contributed by atoms with Crippen LogP contribution in [0.5, 0.6) is 0 Å². The molecule has 0 aromatic rings. The first-order chi connectivity index (χ1) is 15.1. The van der Waals surface area contributed by atoms with Crippen molar-refractivity contribution in [1.29, 1.82) is 0 Å². The maximum absolute atomic E-state index is 14.1. The first-order valence-corrected chi connectivity index (χ1v) is 12.7.